The lowest BCUT2D eigenvalue weighted by atomic mass is 9.86. The zero-order chi connectivity index (χ0) is 14.8. The van der Waals surface area contributed by atoms with Crippen LogP contribution in [0.5, 0.6) is 0 Å². The number of amides is 1. The fourth-order valence-electron chi connectivity index (χ4n) is 3.25. The molecule has 3 rings (SSSR count). The number of benzene rings is 1. The van der Waals surface area contributed by atoms with E-state index >= 15 is 0 Å². The van der Waals surface area contributed by atoms with E-state index in [1.54, 1.807) is 4.90 Å². The molecule has 0 N–H and O–H groups in total. The van der Waals surface area contributed by atoms with Gasteiger partial charge in [0.05, 0.1) is 6.61 Å². The van der Waals surface area contributed by atoms with Gasteiger partial charge in [0.1, 0.15) is 5.78 Å². The maximum absolute atomic E-state index is 11.9. The predicted molar refractivity (Wildman–Crippen MR) is 79.5 cm³/mol. The van der Waals surface area contributed by atoms with Gasteiger partial charge in [-0.15, -0.1) is 0 Å². The molecule has 2 aliphatic rings. The van der Waals surface area contributed by atoms with Gasteiger partial charge in [-0.05, 0) is 48.4 Å². The average Bonchev–Trinajstić information content (AvgIpc) is 2.67. The lowest BCUT2D eigenvalue weighted by Crippen LogP contribution is -2.33. The van der Waals surface area contributed by atoms with Gasteiger partial charge in [-0.25, -0.2) is 4.79 Å². The minimum Gasteiger partial charge on any atom is -0.450 e. The first-order valence-corrected chi connectivity index (χ1v) is 7.74. The SMILES string of the molecule is CCOC(=O)N1CCc2cc3c(cc2CC1)CC(=O)CC3. The molecule has 4 heteroatoms. The molecule has 0 bridgehead atoms. The van der Waals surface area contributed by atoms with Crippen molar-refractivity contribution in [3.8, 4) is 0 Å². The minimum absolute atomic E-state index is 0.217. The van der Waals surface area contributed by atoms with Crippen molar-refractivity contribution < 1.29 is 14.3 Å². The number of hydrogen-bond donors (Lipinski definition) is 0. The van der Waals surface area contributed by atoms with Crippen LogP contribution in [0.2, 0.25) is 0 Å². The maximum Gasteiger partial charge on any atom is 0.409 e. The molecule has 4 nitrogen and oxygen atoms in total. The first-order chi connectivity index (χ1) is 10.2. The molecule has 0 saturated heterocycles. The summed E-state index contributed by atoms with van der Waals surface area (Å²) >= 11 is 0. The van der Waals surface area contributed by atoms with E-state index in [0.29, 0.717) is 38.3 Å². The molecule has 112 valence electrons. The second kappa shape index (κ2) is 5.88. The Morgan fingerprint density at radius 3 is 2.33 bits per heavy atom. The highest BCUT2D eigenvalue weighted by atomic mass is 16.6. The molecule has 0 fully saturated rings. The molecule has 0 aromatic heterocycles. The molecule has 1 aliphatic carbocycles. The van der Waals surface area contributed by atoms with E-state index in [2.05, 4.69) is 12.1 Å². The smallest absolute Gasteiger partial charge is 0.409 e. The van der Waals surface area contributed by atoms with E-state index in [1.807, 2.05) is 6.92 Å². The summed E-state index contributed by atoms with van der Waals surface area (Å²) in [7, 11) is 0. The average molecular weight is 287 g/mol. The Morgan fingerprint density at radius 2 is 1.67 bits per heavy atom. The number of rotatable bonds is 1. The number of nitrogens with zero attached hydrogens (tertiary/aromatic N) is 1. The predicted octanol–water partition coefficient (Wildman–Crippen LogP) is 2.30. The standard InChI is InChI=1S/C17H21NO3/c1-2-21-17(20)18-7-5-13-9-12-3-4-16(19)11-15(12)10-14(13)6-8-18/h9-10H,2-8,11H2,1H3. The molecule has 1 aliphatic heterocycles. The molecule has 0 saturated carbocycles. The van der Waals surface area contributed by atoms with E-state index in [4.69, 9.17) is 4.74 Å². The van der Waals surface area contributed by atoms with E-state index < -0.39 is 0 Å². The Balaban J connectivity index is 1.80. The number of ketones is 1. The zero-order valence-corrected chi connectivity index (χ0v) is 12.5. The van der Waals surface area contributed by atoms with Crippen LogP contribution in [0.3, 0.4) is 0 Å². The number of aryl methyl sites for hydroxylation is 1. The normalized spacial score (nSPS) is 17.8. The summed E-state index contributed by atoms with van der Waals surface area (Å²) in [5.74, 6) is 0.337. The first-order valence-electron chi connectivity index (χ1n) is 7.74. The number of carbonyl (C=O) groups excluding carboxylic acids is 2. The van der Waals surface area contributed by atoms with E-state index in [0.717, 1.165) is 19.3 Å². The van der Waals surface area contributed by atoms with Crippen LogP contribution in [0, 0.1) is 0 Å². The molecule has 0 radical (unpaired) electrons. The van der Waals surface area contributed by atoms with Gasteiger partial charge in [0.25, 0.3) is 0 Å². The number of hydrogen-bond acceptors (Lipinski definition) is 3. The monoisotopic (exact) mass is 287 g/mol. The van der Waals surface area contributed by atoms with Crippen LogP contribution in [0.4, 0.5) is 4.79 Å². The van der Waals surface area contributed by atoms with Gasteiger partial charge in [-0.1, -0.05) is 12.1 Å². The third kappa shape index (κ3) is 2.94. The summed E-state index contributed by atoms with van der Waals surface area (Å²) in [6.45, 7) is 3.65. The van der Waals surface area contributed by atoms with Gasteiger partial charge in [0.15, 0.2) is 0 Å². The van der Waals surface area contributed by atoms with Crippen LogP contribution in [0.1, 0.15) is 35.6 Å². The van der Waals surface area contributed by atoms with Crippen molar-refractivity contribution in [1.29, 1.82) is 0 Å². The molecule has 0 spiro atoms. The van der Waals surface area contributed by atoms with Gasteiger partial charge in [0.2, 0.25) is 0 Å². The quantitative estimate of drug-likeness (QED) is 0.796. The highest BCUT2D eigenvalue weighted by Gasteiger charge is 2.22. The zero-order valence-electron chi connectivity index (χ0n) is 12.5. The molecule has 0 atom stereocenters. The molecule has 1 aromatic rings. The summed E-state index contributed by atoms with van der Waals surface area (Å²) in [5, 5.41) is 0. The Labute approximate surface area is 125 Å². The Bertz CT molecular complexity index is 580. The first kappa shape index (κ1) is 14.1. The number of fused-ring (bicyclic) bond motifs is 2. The molecular weight excluding hydrogens is 266 g/mol. The molecule has 1 heterocycles. The number of carbonyl (C=O) groups is 2. The van der Waals surface area contributed by atoms with E-state index in [-0.39, 0.29) is 6.09 Å². The van der Waals surface area contributed by atoms with E-state index in [1.165, 1.54) is 22.3 Å². The van der Waals surface area contributed by atoms with Crippen molar-refractivity contribution in [2.45, 2.75) is 39.0 Å². The third-order valence-corrected chi connectivity index (χ3v) is 4.41. The second-order valence-electron chi connectivity index (χ2n) is 5.79. The van der Waals surface area contributed by atoms with Crippen LogP contribution in [0.25, 0.3) is 0 Å². The Morgan fingerprint density at radius 1 is 1.05 bits per heavy atom. The molecule has 1 amide bonds. The molecule has 0 unspecified atom stereocenters. The van der Waals surface area contributed by atoms with Crippen LogP contribution in [0.15, 0.2) is 12.1 Å². The molecular formula is C17H21NO3. The van der Waals surface area contributed by atoms with Gasteiger partial charge >= 0.3 is 6.09 Å². The highest BCUT2D eigenvalue weighted by molar-refractivity contribution is 5.83. The minimum atomic E-state index is -0.217. The number of ether oxygens (including phenoxy) is 1. The largest absolute Gasteiger partial charge is 0.450 e. The lowest BCUT2D eigenvalue weighted by Gasteiger charge is -2.18. The number of Topliss-reactive ketones (excluding diaryl/α,β-unsaturated/α-hetero) is 1. The maximum atomic E-state index is 11.9. The van der Waals surface area contributed by atoms with Gasteiger partial charge in [-0.2, -0.15) is 0 Å². The van der Waals surface area contributed by atoms with Crippen molar-refractivity contribution in [2.75, 3.05) is 19.7 Å². The Hall–Kier alpha value is -1.84. The summed E-state index contributed by atoms with van der Waals surface area (Å²) in [6, 6.07) is 4.45. The van der Waals surface area contributed by atoms with Gasteiger partial charge < -0.3 is 9.64 Å². The van der Waals surface area contributed by atoms with Crippen molar-refractivity contribution in [3.05, 3.63) is 34.4 Å². The van der Waals surface area contributed by atoms with E-state index in [9.17, 15) is 9.59 Å². The second-order valence-corrected chi connectivity index (χ2v) is 5.79. The van der Waals surface area contributed by atoms with Crippen molar-refractivity contribution in [3.63, 3.8) is 0 Å². The van der Waals surface area contributed by atoms with Crippen LogP contribution in [-0.4, -0.2) is 36.5 Å². The molecule has 1 aromatic carbocycles. The van der Waals surface area contributed by atoms with Gasteiger partial charge in [0, 0.05) is 25.9 Å². The van der Waals surface area contributed by atoms with Crippen LogP contribution < -0.4 is 0 Å². The summed E-state index contributed by atoms with van der Waals surface area (Å²) in [6.07, 6.45) is 3.60. The fourth-order valence-corrected chi connectivity index (χ4v) is 3.25. The molecule has 21 heavy (non-hydrogen) atoms. The summed E-state index contributed by atoms with van der Waals surface area (Å²) in [4.78, 5) is 25.3. The van der Waals surface area contributed by atoms with Crippen molar-refractivity contribution in [1.82, 2.24) is 4.90 Å². The van der Waals surface area contributed by atoms with Crippen molar-refractivity contribution >= 4 is 11.9 Å². The van der Waals surface area contributed by atoms with Crippen molar-refractivity contribution in [2.24, 2.45) is 0 Å². The summed E-state index contributed by atoms with van der Waals surface area (Å²) in [5.41, 5.74) is 5.12. The van der Waals surface area contributed by atoms with Crippen LogP contribution in [-0.2, 0) is 35.2 Å². The van der Waals surface area contributed by atoms with Gasteiger partial charge in [-0.3, -0.25) is 4.79 Å². The van der Waals surface area contributed by atoms with Crippen LogP contribution >= 0.6 is 0 Å². The topological polar surface area (TPSA) is 46.6 Å². The highest BCUT2D eigenvalue weighted by Crippen LogP contribution is 2.26. The summed E-state index contributed by atoms with van der Waals surface area (Å²) < 4.78 is 5.09. The lowest BCUT2D eigenvalue weighted by molar-refractivity contribution is -0.118. The fraction of sp³-hybridized carbons (Fsp3) is 0.529. The third-order valence-electron chi connectivity index (χ3n) is 4.41. The Kier molecular flexibility index (Phi) is 3.95.